The molecule has 238 valence electrons. The molecule has 2 saturated carbocycles. The number of alkyl carbamates (subject to hydrolysis) is 1. The van der Waals surface area contributed by atoms with Gasteiger partial charge in [0.15, 0.2) is 0 Å². The highest BCUT2D eigenvalue weighted by atomic mass is 32.2. The van der Waals surface area contributed by atoms with Crippen LogP contribution < -0.4 is 10.1 Å². The minimum atomic E-state index is -3.59. The van der Waals surface area contributed by atoms with E-state index in [0.29, 0.717) is 30.9 Å². The Balaban J connectivity index is 1.18. The summed E-state index contributed by atoms with van der Waals surface area (Å²) < 4.78 is 57.8. The number of ether oxygens (including phenoxy) is 3. The zero-order chi connectivity index (χ0) is 31.9. The van der Waals surface area contributed by atoms with E-state index in [2.05, 4.69) is 11.4 Å². The third-order valence-corrected chi connectivity index (χ3v) is 11.0. The summed E-state index contributed by atoms with van der Waals surface area (Å²) in [7, 11) is -2.08. The lowest BCUT2D eigenvalue weighted by Crippen LogP contribution is -2.47. The van der Waals surface area contributed by atoms with Crippen molar-refractivity contribution >= 4 is 15.9 Å². The predicted molar refractivity (Wildman–Crippen MR) is 166 cm³/mol. The summed E-state index contributed by atoms with van der Waals surface area (Å²) in [6.07, 6.45) is 4.18. The van der Waals surface area contributed by atoms with Crippen molar-refractivity contribution < 1.29 is 31.8 Å². The Labute approximate surface area is 264 Å². The molecule has 3 unspecified atom stereocenters. The summed E-state index contributed by atoms with van der Waals surface area (Å²) in [5.74, 6) is -0.136. The largest absolute Gasteiger partial charge is 0.491 e. The van der Waals surface area contributed by atoms with Crippen LogP contribution in [0.25, 0.3) is 0 Å². The fraction of sp³-hybridized carbons (Fsp3) is 0.429. The van der Waals surface area contributed by atoms with Crippen molar-refractivity contribution in [2.45, 2.75) is 72.4 Å². The van der Waals surface area contributed by atoms with Crippen LogP contribution in [-0.2, 0) is 24.7 Å². The van der Waals surface area contributed by atoms with E-state index >= 15 is 0 Å². The molecule has 0 spiro atoms. The minimum absolute atomic E-state index is 0.00589. The van der Waals surface area contributed by atoms with E-state index in [9.17, 15) is 22.9 Å². The highest BCUT2D eigenvalue weighted by molar-refractivity contribution is 7.91. The smallest absolute Gasteiger partial charge is 0.407 e. The number of halogens is 1. The molecule has 3 aromatic rings. The summed E-state index contributed by atoms with van der Waals surface area (Å²) in [5.41, 5.74) is -0.353. The zero-order valence-electron chi connectivity index (χ0n) is 25.4. The predicted octanol–water partition coefficient (Wildman–Crippen LogP) is 6.60. The Morgan fingerprint density at radius 2 is 1.64 bits per heavy atom. The number of benzene rings is 3. The van der Waals surface area contributed by atoms with Crippen LogP contribution in [0.5, 0.6) is 5.75 Å². The number of nitrogens with zero attached hydrogens (tertiary/aromatic N) is 1. The fourth-order valence-corrected chi connectivity index (χ4v) is 8.31. The second kappa shape index (κ2) is 14.4. The maximum atomic E-state index is 14.5. The quantitative estimate of drug-likeness (QED) is 0.237. The SMILES string of the molecule is CNC(=O)OC1CCCC1C(C#N)(c1cccc(F)c1)C1CCC(OCCOc2ccc(S(=O)(=O)c3ccccc3)cc2)CC1. The van der Waals surface area contributed by atoms with Gasteiger partial charge in [0.25, 0.3) is 0 Å². The molecule has 3 atom stereocenters. The normalized spacial score (nSPS) is 23.0. The first-order valence-electron chi connectivity index (χ1n) is 15.5. The van der Waals surface area contributed by atoms with Crippen molar-refractivity contribution in [2.75, 3.05) is 20.3 Å². The number of hydrogen-bond acceptors (Lipinski definition) is 7. The molecule has 2 fully saturated rings. The number of carbonyl (C=O) groups is 1. The zero-order valence-corrected chi connectivity index (χ0v) is 26.2. The van der Waals surface area contributed by atoms with E-state index in [0.717, 1.165) is 38.5 Å². The lowest BCUT2D eigenvalue weighted by Gasteiger charge is -2.45. The number of hydrogen-bond donors (Lipinski definition) is 1. The molecule has 0 aromatic heterocycles. The van der Waals surface area contributed by atoms with Crippen molar-refractivity contribution in [3.8, 4) is 11.8 Å². The molecule has 2 aliphatic carbocycles. The van der Waals surface area contributed by atoms with E-state index in [-0.39, 0.29) is 27.7 Å². The molecule has 0 heterocycles. The van der Waals surface area contributed by atoms with Crippen LogP contribution in [0.4, 0.5) is 9.18 Å². The Kier molecular flexibility index (Phi) is 10.4. The number of nitriles is 1. The van der Waals surface area contributed by atoms with Gasteiger partial charge in [-0.05, 0) is 105 Å². The molecule has 10 heteroatoms. The Morgan fingerprint density at radius 1 is 0.933 bits per heavy atom. The van der Waals surface area contributed by atoms with Crippen LogP contribution in [0.2, 0.25) is 0 Å². The van der Waals surface area contributed by atoms with Gasteiger partial charge in [-0.3, -0.25) is 0 Å². The van der Waals surface area contributed by atoms with E-state index < -0.39 is 33.3 Å². The minimum Gasteiger partial charge on any atom is -0.491 e. The topological polar surface area (TPSA) is 115 Å². The molecule has 0 saturated heterocycles. The molecule has 2 aliphatic rings. The Hall–Kier alpha value is -3.94. The number of rotatable bonds is 11. The maximum absolute atomic E-state index is 14.5. The molecule has 1 N–H and O–H groups in total. The summed E-state index contributed by atoms with van der Waals surface area (Å²) in [4.78, 5) is 12.6. The number of amides is 1. The van der Waals surface area contributed by atoms with Gasteiger partial charge in [-0.2, -0.15) is 5.26 Å². The number of nitrogens with one attached hydrogen (secondary N) is 1. The van der Waals surface area contributed by atoms with Crippen LogP contribution in [0.3, 0.4) is 0 Å². The average Bonchev–Trinajstić information content (AvgIpc) is 3.53. The van der Waals surface area contributed by atoms with Crippen molar-refractivity contribution in [1.82, 2.24) is 5.32 Å². The van der Waals surface area contributed by atoms with Gasteiger partial charge in [0.1, 0.15) is 24.3 Å². The molecule has 8 nitrogen and oxygen atoms in total. The summed E-state index contributed by atoms with van der Waals surface area (Å²) >= 11 is 0. The van der Waals surface area contributed by atoms with Crippen LogP contribution in [0, 0.1) is 29.0 Å². The van der Waals surface area contributed by atoms with Crippen molar-refractivity contribution in [3.05, 3.63) is 90.2 Å². The molecular weight excluding hydrogens is 595 g/mol. The summed E-state index contributed by atoms with van der Waals surface area (Å²) in [5, 5.41) is 13.3. The second-order valence-corrected chi connectivity index (χ2v) is 13.7. The first-order chi connectivity index (χ1) is 21.8. The molecule has 0 bridgehead atoms. The van der Waals surface area contributed by atoms with Crippen LogP contribution >= 0.6 is 0 Å². The Bertz CT molecular complexity index is 1590. The molecule has 0 radical (unpaired) electrons. The van der Waals surface area contributed by atoms with Gasteiger partial charge < -0.3 is 19.5 Å². The maximum Gasteiger partial charge on any atom is 0.407 e. The van der Waals surface area contributed by atoms with Gasteiger partial charge >= 0.3 is 6.09 Å². The lowest BCUT2D eigenvalue weighted by molar-refractivity contribution is -0.0131. The summed E-state index contributed by atoms with van der Waals surface area (Å²) in [6.45, 7) is 0.661. The first-order valence-corrected chi connectivity index (χ1v) is 17.0. The second-order valence-electron chi connectivity index (χ2n) is 11.7. The molecule has 3 aromatic carbocycles. The van der Waals surface area contributed by atoms with Crippen molar-refractivity contribution in [2.24, 2.45) is 11.8 Å². The number of carbonyl (C=O) groups excluding carboxylic acids is 1. The van der Waals surface area contributed by atoms with Crippen molar-refractivity contribution in [3.63, 3.8) is 0 Å². The van der Waals surface area contributed by atoms with E-state index in [1.165, 1.54) is 31.3 Å². The van der Waals surface area contributed by atoms with E-state index in [1.807, 2.05) is 6.07 Å². The lowest BCUT2D eigenvalue weighted by atomic mass is 9.58. The van der Waals surface area contributed by atoms with Gasteiger partial charge in [0.05, 0.1) is 34.0 Å². The van der Waals surface area contributed by atoms with Gasteiger partial charge in [0, 0.05) is 13.0 Å². The molecule has 5 rings (SSSR count). The molecule has 0 aliphatic heterocycles. The van der Waals surface area contributed by atoms with E-state index in [4.69, 9.17) is 14.2 Å². The average molecular weight is 635 g/mol. The Morgan fingerprint density at radius 3 is 2.31 bits per heavy atom. The molecule has 1 amide bonds. The van der Waals surface area contributed by atoms with Gasteiger partial charge in [-0.25, -0.2) is 17.6 Å². The fourth-order valence-electron chi connectivity index (χ4n) is 7.03. The van der Waals surface area contributed by atoms with Gasteiger partial charge in [0.2, 0.25) is 9.84 Å². The highest BCUT2D eigenvalue weighted by Crippen LogP contribution is 2.52. The van der Waals surface area contributed by atoms with Gasteiger partial charge in [-0.1, -0.05) is 30.3 Å². The summed E-state index contributed by atoms with van der Waals surface area (Å²) in [6, 6.07) is 23.6. The van der Waals surface area contributed by atoms with Crippen LogP contribution in [0.15, 0.2) is 88.7 Å². The van der Waals surface area contributed by atoms with Crippen molar-refractivity contribution in [1.29, 1.82) is 5.26 Å². The highest BCUT2D eigenvalue weighted by Gasteiger charge is 2.53. The monoisotopic (exact) mass is 634 g/mol. The van der Waals surface area contributed by atoms with Crippen LogP contribution in [0.1, 0.15) is 50.5 Å². The molecule has 45 heavy (non-hydrogen) atoms. The van der Waals surface area contributed by atoms with E-state index in [1.54, 1.807) is 48.5 Å². The van der Waals surface area contributed by atoms with Crippen LogP contribution in [-0.4, -0.2) is 47.0 Å². The third-order valence-electron chi connectivity index (χ3n) is 9.20. The molecular formula is C35H39FN2O6S. The first kappa shape index (κ1) is 32.5. The third kappa shape index (κ3) is 7.15. The number of sulfone groups is 1. The van der Waals surface area contributed by atoms with Gasteiger partial charge in [-0.15, -0.1) is 0 Å². The standard InChI is InChI=1S/C35H39FN2O6S/c1-38-34(39)44-33-12-6-11-32(33)35(24-37,26-7-5-8-27(36)23-26)25-13-15-28(16-14-25)42-21-22-43-29-17-19-31(20-18-29)45(40,41)30-9-3-2-4-10-30/h2-5,7-10,17-20,23,25,28,32-33H,6,11-16,21-22H2,1H3,(H,38,39).